The lowest BCUT2D eigenvalue weighted by Gasteiger charge is -2.35. The third-order valence-electron chi connectivity index (χ3n) is 4.33. The predicted octanol–water partition coefficient (Wildman–Crippen LogP) is 1.80. The third kappa shape index (κ3) is 3.26. The van der Waals surface area contributed by atoms with Gasteiger partial charge in [0, 0.05) is 44.3 Å². The molecule has 0 aliphatic carbocycles. The summed E-state index contributed by atoms with van der Waals surface area (Å²) >= 11 is 0. The van der Waals surface area contributed by atoms with Gasteiger partial charge in [-0.15, -0.1) is 0 Å². The highest BCUT2D eigenvalue weighted by Gasteiger charge is 2.26. The van der Waals surface area contributed by atoms with E-state index in [9.17, 15) is 4.79 Å². The molecule has 132 valence electrons. The van der Waals surface area contributed by atoms with Crippen LogP contribution in [-0.2, 0) is 0 Å². The molecule has 4 rings (SSSR count). The van der Waals surface area contributed by atoms with Gasteiger partial charge < -0.3 is 14.3 Å². The Bertz CT molecular complexity index is 903. The van der Waals surface area contributed by atoms with Crippen molar-refractivity contribution in [2.45, 2.75) is 6.92 Å². The van der Waals surface area contributed by atoms with Crippen LogP contribution in [0.1, 0.15) is 16.2 Å². The Kier molecular flexibility index (Phi) is 4.30. The fraction of sp³-hybridized carbons (Fsp3) is 0.278. The lowest BCUT2D eigenvalue weighted by atomic mass is 10.2. The van der Waals surface area contributed by atoms with Crippen LogP contribution in [0.2, 0.25) is 0 Å². The minimum Gasteiger partial charge on any atom is -0.368 e. The SMILES string of the molecule is Cc1cccc(N2CCN(C(=O)c3nc(-c4cnccn4)no3)CC2)c1. The van der Waals surface area contributed by atoms with E-state index in [-0.39, 0.29) is 17.6 Å². The fourth-order valence-corrected chi connectivity index (χ4v) is 2.96. The molecule has 1 aromatic carbocycles. The van der Waals surface area contributed by atoms with Gasteiger partial charge in [-0.2, -0.15) is 4.98 Å². The molecule has 2 aromatic heterocycles. The molecule has 0 N–H and O–H groups in total. The van der Waals surface area contributed by atoms with Crippen LogP contribution in [0, 0.1) is 6.92 Å². The van der Waals surface area contributed by atoms with Crippen LogP contribution in [0.15, 0.2) is 47.4 Å². The lowest BCUT2D eigenvalue weighted by Crippen LogP contribution is -2.48. The van der Waals surface area contributed by atoms with Gasteiger partial charge in [0.2, 0.25) is 5.82 Å². The van der Waals surface area contributed by atoms with Crippen LogP contribution in [-0.4, -0.2) is 57.1 Å². The minimum absolute atomic E-state index is 0.0188. The second kappa shape index (κ2) is 6.91. The van der Waals surface area contributed by atoms with Crippen molar-refractivity contribution in [3.63, 3.8) is 0 Å². The molecule has 0 saturated carbocycles. The summed E-state index contributed by atoms with van der Waals surface area (Å²) in [6.07, 6.45) is 4.63. The molecule has 1 amide bonds. The molecule has 0 atom stereocenters. The lowest BCUT2D eigenvalue weighted by molar-refractivity contribution is 0.0696. The van der Waals surface area contributed by atoms with E-state index in [1.54, 1.807) is 11.1 Å². The Morgan fingerprint density at radius 3 is 2.73 bits per heavy atom. The van der Waals surface area contributed by atoms with E-state index in [0.717, 1.165) is 13.1 Å². The van der Waals surface area contributed by atoms with Crippen molar-refractivity contribution in [1.29, 1.82) is 0 Å². The van der Waals surface area contributed by atoms with Gasteiger partial charge in [-0.05, 0) is 24.6 Å². The molecule has 1 saturated heterocycles. The monoisotopic (exact) mass is 350 g/mol. The van der Waals surface area contributed by atoms with Crippen LogP contribution < -0.4 is 4.90 Å². The van der Waals surface area contributed by atoms with E-state index in [1.165, 1.54) is 23.6 Å². The van der Waals surface area contributed by atoms with Crippen LogP contribution in [0.5, 0.6) is 0 Å². The molecule has 26 heavy (non-hydrogen) atoms. The first kappa shape index (κ1) is 16.2. The largest absolute Gasteiger partial charge is 0.368 e. The molecular formula is C18H18N6O2. The van der Waals surface area contributed by atoms with Gasteiger partial charge in [-0.1, -0.05) is 17.3 Å². The number of aromatic nitrogens is 4. The quantitative estimate of drug-likeness (QED) is 0.711. The average molecular weight is 350 g/mol. The Labute approximate surface area is 150 Å². The molecular weight excluding hydrogens is 332 g/mol. The Balaban J connectivity index is 1.42. The Hall–Kier alpha value is -3.29. The van der Waals surface area contributed by atoms with Gasteiger partial charge in [-0.25, -0.2) is 4.98 Å². The highest BCUT2D eigenvalue weighted by atomic mass is 16.5. The Morgan fingerprint density at radius 1 is 1.15 bits per heavy atom. The minimum atomic E-state index is -0.253. The van der Waals surface area contributed by atoms with Crippen LogP contribution in [0.3, 0.4) is 0 Å². The number of piperazine rings is 1. The summed E-state index contributed by atoms with van der Waals surface area (Å²) < 4.78 is 5.13. The molecule has 1 aliphatic rings. The molecule has 3 aromatic rings. The summed E-state index contributed by atoms with van der Waals surface area (Å²) in [5.74, 6) is -0.00830. The number of carbonyl (C=O) groups is 1. The van der Waals surface area contributed by atoms with Crippen LogP contribution in [0.4, 0.5) is 5.69 Å². The molecule has 0 spiro atoms. The van der Waals surface area contributed by atoms with E-state index in [0.29, 0.717) is 18.8 Å². The fourth-order valence-electron chi connectivity index (χ4n) is 2.96. The van der Waals surface area contributed by atoms with E-state index in [2.05, 4.69) is 56.2 Å². The van der Waals surface area contributed by atoms with Crippen molar-refractivity contribution in [2.24, 2.45) is 0 Å². The van der Waals surface area contributed by atoms with Gasteiger partial charge in [0.25, 0.3) is 0 Å². The van der Waals surface area contributed by atoms with E-state index < -0.39 is 0 Å². The maximum absolute atomic E-state index is 12.6. The molecule has 1 fully saturated rings. The van der Waals surface area contributed by atoms with Gasteiger partial charge in [0.1, 0.15) is 5.69 Å². The molecule has 3 heterocycles. The van der Waals surface area contributed by atoms with Crippen molar-refractivity contribution >= 4 is 11.6 Å². The highest BCUT2D eigenvalue weighted by Crippen LogP contribution is 2.19. The van der Waals surface area contributed by atoms with E-state index >= 15 is 0 Å². The summed E-state index contributed by atoms with van der Waals surface area (Å²) in [4.78, 5) is 28.9. The number of aryl methyl sites for hydroxylation is 1. The zero-order valence-corrected chi connectivity index (χ0v) is 14.4. The van der Waals surface area contributed by atoms with Crippen molar-refractivity contribution in [3.05, 3.63) is 54.3 Å². The van der Waals surface area contributed by atoms with E-state index in [1.807, 2.05) is 0 Å². The molecule has 0 radical (unpaired) electrons. The van der Waals surface area contributed by atoms with Crippen molar-refractivity contribution in [2.75, 3.05) is 31.1 Å². The van der Waals surface area contributed by atoms with Gasteiger partial charge in [0.15, 0.2) is 0 Å². The number of rotatable bonds is 3. The maximum atomic E-state index is 12.6. The van der Waals surface area contributed by atoms with E-state index in [4.69, 9.17) is 4.52 Å². The van der Waals surface area contributed by atoms with Crippen LogP contribution in [0.25, 0.3) is 11.5 Å². The normalized spacial score (nSPS) is 14.5. The predicted molar refractivity (Wildman–Crippen MR) is 94.6 cm³/mol. The zero-order valence-electron chi connectivity index (χ0n) is 14.4. The Morgan fingerprint density at radius 2 is 2.00 bits per heavy atom. The summed E-state index contributed by atoms with van der Waals surface area (Å²) in [5.41, 5.74) is 2.88. The molecule has 0 bridgehead atoms. The third-order valence-corrected chi connectivity index (χ3v) is 4.33. The average Bonchev–Trinajstić information content (AvgIpc) is 3.18. The number of benzene rings is 1. The maximum Gasteiger partial charge on any atom is 0.316 e. The zero-order chi connectivity index (χ0) is 17.9. The van der Waals surface area contributed by atoms with Gasteiger partial charge >= 0.3 is 11.8 Å². The summed E-state index contributed by atoms with van der Waals surface area (Å²) in [7, 11) is 0. The van der Waals surface area contributed by atoms with Crippen molar-refractivity contribution in [3.8, 4) is 11.5 Å². The topological polar surface area (TPSA) is 88.2 Å². The standard InChI is InChI=1S/C18H18N6O2/c1-13-3-2-4-14(11-13)23-7-9-24(10-8-23)18(25)17-21-16(22-26-17)15-12-19-5-6-20-15/h2-6,11-12H,7-10H2,1H3. The number of hydrogen-bond donors (Lipinski definition) is 0. The number of amides is 1. The van der Waals surface area contributed by atoms with Gasteiger partial charge in [-0.3, -0.25) is 9.78 Å². The molecule has 1 aliphatic heterocycles. The van der Waals surface area contributed by atoms with Crippen molar-refractivity contribution in [1.82, 2.24) is 25.0 Å². The number of hydrogen-bond acceptors (Lipinski definition) is 7. The smallest absolute Gasteiger partial charge is 0.316 e. The molecule has 0 unspecified atom stereocenters. The summed E-state index contributed by atoms with van der Waals surface area (Å²) in [5, 5.41) is 3.83. The first-order chi connectivity index (χ1) is 12.7. The van der Waals surface area contributed by atoms with Crippen molar-refractivity contribution < 1.29 is 9.32 Å². The summed E-state index contributed by atoms with van der Waals surface area (Å²) in [6.45, 7) is 4.82. The van der Waals surface area contributed by atoms with Crippen LogP contribution >= 0.6 is 0 Å². The highest BCUT2D eigenvalue weighted by molar-refractivity contribution is 5.90. The first-order valence-corrected chi connectivity index (χ1v) is 8.42. The molecule has 8 heteroatoms. The summed E-state index contributed by atoms with van der Waals surface area (Å²) in [6, 6.07) is 8.38. The second-order valence-corrected chi connectivity index (χ2v) is 6.13. The molecule has 8 nitrogen and oxygen atoms in total. The first-order valence-electron chi connectivity index (χ1n) is 8.42. The number of anilines is 1. The second-order valence-electron chi connectivity index (χ2n) is 6.13. The van der Waals surface area contributed by atoms with Gasteiger partial charge in [0.05, 0.1) is 6.20 Å². The number of carbonyl (C=O) groups excluding carboxylic acids is 1. The number of nitrogens with zero attached hydrogens (tertiary/aromatic N) is 6.